The summed E-state index contributed by atoms with van der Waals surface area (Å²) in [4.78, 5) is 12.1. The summed E-state index contributed by atoms with van der Waals surface area (Å²) in [6.07, 6.45) is 0.789. The van der Waals surface area contributed by atoms with Crippen molar-refractivity contribution in [1.82, 2.24) is 0 Å². The van der Waals surface area contributed by atoms with Crippen LogP contribution in [0.15, 0.2) is 18.2 Å². The molecule has 1 saturated heterocycles. The quantitative estimate of drug-likeness (QED) is 0.847. The van der Waals surface area contributed by atoms with Crippen LogP contribution < -0.4 is 5.32 Å². The Balaban J connectivity index is 1.96. The number of rotatable bonds is 2. The number of carbonyl (C=O) groups excluding carboxylic acids is 1. The molecule has 102 valence electrons. The first-order chi connectivity index (χ1) is 9.20. The molecule has 2 heterocycles. The summed E-state index contributed by atoms with van der Waals surface area (Å²) < 4.78 is 10.9. The molecule has 0 aliphatic carbocycles. The van der Waals surface area contributed by atoms with Gasteiger partial charge in [0.2, 0.25) is 0 Å². The van der Waals surface area contributed by atoms with Gasteiger partial charge < -0.3 is 14.8 Å². The number of nitrogens with one attached hydrogen (secondary N) is 1. The van der Waals surface area contributed by atoms with Gasteiger partial charge in [-0.25, -0.2) is 4.79 Å². The molecule has 0 saturated carbocycles. The van der Waals surface area contributed by atoms with Gasteiger partial charge >= 0.3 is 5.97 Å². The molecule has 0 unspecified atom stereocenters. The van der Waals surface area contributed by atoms with Crippen molar-refractivity contribution in [2.75, 3.05) is 18.5 Å². The lowest BCUT2D eigenvalue weighted by atomic mass is 9.84. The lowest BCUT2D eigenvalue weighted by molar-refractivity contribution is -0.146. The molecule has 5 heteroatoms. The average Bonchev–Trinajstić information content (AvgIpc) is 2.87. The van der Waals surface area contributed by atoms with E-state index in [0.29, 0.717) is 18.2 Å². The Morgan fingerprint density at radius 2 is 2.42 bits per heavy atom. The number of carbonyl (C=O) groups is 1. The monoisotopic (exact) mass is 281 g/mol. The van der Waals surface area contributed by atoms with Gasteiger partial charge in [0.15, 0.2) is 0 Å². The zero-order valence-electron chi connectivity index (χ0n) is 10.7. The molecule has 3 atom stereocenters. The highest BCUT2D eigenvalue weighted by atomic mass is 35.5. The van der Waals surface area contributed by atoms with Gasteiger partial charge in [0.1, 0.15) is 6.04 Å². The first-order valence-corrected chi connectivity index (χ1v) is 6.92. The lowest BCUT2D eigenvalue weighted by Crippen LogP contribution is -2.43. The van der Waals surface area contributed by atoms with Gasteiger partial charge in [-0.15, -0.1) is 0 Å². The number of anilines is 1. The van der Waals surface area contributed by atoms with Crippen LogP contribution in [0.3, 0.4) is 0 Å². The number of hydrogen-bond acceptors (Lipinski definition) is 4. The molecule has 1 aromatic rings. The van der Waals surface area contributed by atoms with Gasteiger partial charge in [0.05, 0.1) is 12.7 Å². The summed E-state index contributed by atoms with van der Waals surface area (Å²) in [5, 5.41) is 3.95. The van der Waals surface area contributed by atoms with Gasteiger partial charge in [-0.2, -0.15) is 0 Å². The van der Waals surface area contributed by atoms with Crippen LogP contribution in [0.2, 0.25) is 5.02 Å². The van der Waals surface area contributed by atoms with Crippen LogP contribution in [-0.2, 0) is 14.3 Å². The summed E-state index contributed by atoms with van der Waals surface area (Å²) in [6, 6.07) is 5.28. The molecule has 0 bridgehead atoms. The maximum absolute atomic E-state index is 12.1. The molecule has 0 aromatic heterocycles. The molecule has 2 aliphatic rings. The lowest BCUT2D eigenvalue weighted by Gasteiger charge is -2.34. The molecule has 19 heavy (non-hydrogen) atoms. The Labute approximate surface area is 117 Å². The zero-order valence-corrected chi connectivity index (χ0v) is 11.4. The topological polar surface area (TPSA) is 47.6 Å². The van der Waals surface area contributed by atoms with E-state index in [1.54, 1.807) is 0 Å². The fourth-order valence-corrected chi connectivity index (χ4v) is 3.09. The second kappa shape index (κ2) is 5.02. The molecule has 3 rings (SSSR count). The van der Waals surface area contributed by atoms with Crippen molar-refractivity contribution in [3.8, 4) is 0 Å². The van der Waals surface area contributed by atoms with Crippen molar-refractivity contribution in [1.29, 1.82) is 0 Å². The number of fused-ring (bicyclic) bond motifs is 3. The Morgan fingerprint density at radius 3 is 3.21 bits per heavy atom. The van der Waals surface area contributed by atoms with Crippen molar-refractivity contribution < 1.29 is 14.3 Å². The number of halogens is 1. The van der Waals surface area contributed by atoms with E-state index in [2.05, 4.69) is 5.32 Å². The van der Waals surface area contributed by atoms with E-state index in [0.717, 1.165) is 17.7 Å². The molecule has 2 aliphatic heterocycles. The summed E-state index contributed by atoms with van der Waals surface area (Å²) in [7, 11) is 0. The maximum Gasteiger partial charge on any atom is 0.328 e. The van der Waals surface area contributed by atoms with Crippen molar-refractivity contribution in [3.63, 3.8) is 0 Å². The fourth-order valence-electron chi connectivity index (χ4n) is 2.91. The van der Waals surface area contributed by atoms with Gasteiger partial charge in [0, 0.05) is 28.8 Å². The van der Waals surface area contributed by atoms with Crippen molar-refractivity contribution >= 4 is 23.3 Å². The number of benzene rings is 1. The number of esters is 1. The standard InChI is InChI=1S/C14H16ClNO3/c1-2-18-14(17)12-9-5-6-19-13(9)10-7-8(15)3-4-11(10)16-12/h3-4,7,9,12-13,16H,2,5-6H2,1H3/t9-,12+,13-/m0/s1. The number of ether oxygens (including phenoxy) is 2. The summed E-state index contributed by atoms with van der Waals surface area (Å²) in [5.74, 6) is -0.0892. The van der Waals surface area contributed by atoms with Gasteiger partial charge in [-0.3, -0.25) is 0 Å². The molecule has 0 amide bonds. The first-order valence-electron chi connectivity index (χ1n) is 6.55. The van der Waals surface area contributed by atoms with Crippen LogP contribution in [0.25, 0.3) is 0 Å². The summed E-state index contributed by atoms with van der Waals surface area (Å²) >= 11 is 6.04. The van der Waals surface area contributed by atoms with Gasteiger partial charge in [-0.1, -0.05) is 11.6 Å². The molecule has 1 fully saturated rings. The van der Waals surface area contributed by atoms with E-state index in [1.165, 1.54) is 0 Å². The van der Waals surface area contributed by atoms with Crippen LogP contribution in [0.5, 0.6) is 0 Å². The average molecular weight is 282 g/mol. The van der Waals surface area contributed by atoms with E-state index in [4.69, 9.17) is 21.1 Å². The summed E-state index contributed by atoms with van der Waals surface area (Å²) in [6.45, 7) is 2.87. The second-order valence-corrected chi connectivity index (χ2v) is 5.29. The largest absolute Gasteiger partial charge is 0.464 e. The zero-order chi connectivity index (χ0) is 13.4. The third-order valence-corrected chi connectivity index (χ3v) is 3.97. The predicted octanol–water partition coefficient (Wildman–Crippen LogP) is 2.77. The van der Waals surface area contributed by atoms with E-state index >= 15 is 0 Å². The molecule has 1 aromatic carbocycles. The van der Waals surface area contributed by atoms with E-state index < -0.39 is 0 Å². The maximum atomic E-state index is 12.1. The van der Waals surface area contributed by atoms with Crippen LogP contribution in [0, 0.1) is 5.92 Å². The molecule has 4 nitrogen and oxygen atoms in total. The molecule has 1 N–H and O–H groups in total. The Morgan fingerprint density at radius 1 is 1.58 bits per heavy atom. The van der Waals surface area contributed by atoms with E-state index in [-0.39, 0.29) is 24.0 Å². The van der Waals surface area contributed by atoms with Crippen molar-refractivity contribution in [3.05, 3.63) is 28.8 Å². The van der Waals surface area contributed by atoms with Crippen molar-refractivity contribution in [2.24, 2.45) is 5.92 Å². The number of hydrogen-bond donors (Lipinski definition) is 1. The van der Waals surface area contributed by atoms with Crippen LogP contribution >= 0.6 is 11.6 Å². The minimum absolute atomic E-state index is 0.0654. The Kier molecular flexibility index (Phi) is 3.37. The second-order valence-electron chi connectivity index (χ2n) is 4.85. The highest BCUT2D eigenvalue weighted by molar-refractivity contribution is 6.30. The Hall–Kier alpha value is -1.26. The SMILES string of the molecule is CCOC(=O)[C@@H]1Nc2ccc(Cl)cc2[C@H]2OCC[C@H]21. The van der Waals surface area contributed by atoms with Crippen LogP contribution in [0.4, 0.5) is 5.69 Å². The van der Waals surface area contributed by atoms with Gasteiger partial charge in [-0.05, 0) is 31.5 Å². The highest BCUT2D eigenvalue weighted by Crippen LogP contribution is 2.45. The summed E-state index contributed by atoms with van der Waals surface area (Å²) in [5.41, 5.74) is 1.95. The van der Waals surface area contributed by atoms with Crippen molar-refractivity contribution in [2.45, 2.75) is 25.5 Å². The fraction of sp³-hybridized carbons (Fsp3) is 0.500. The normalized spacial score (nSPS) is 28.2. The highest BCUT2D eigenvalue weighted by Gasteiger charge is 2.44. The Bertz CT molecular complexity index is 505. The van der Waals surface area contributed by atoms with Gasteiger partial charge in [0.25, 0.3) is 0 Å². The van der Waals surface area contributed by atoms with E-state index in [9.17, 15) is 4.79 Å². The first kappa shape index (κ1) is 12.8. The molecular formula is C14H16ClNO3. The predicted molar refractivity (Wildman–Crippen MR) is 72.3 cm³/mol. The van der Waals surface area contributed by atoms with E-state index in [1.807, 2.05) is 25.1 Å². The smallest absolute Gasteiger partial charge is 0.328 e. The molecular weight excluding hydrogens is 266 g/mol. The van der Waals surface area contributed by atoms with Crippen LogP contribution in [0.1, 0.15) is 25.0 Å². The molecule has 0 spiro atoms. The third kappa shape index (κ3) is 2.19. The minimum atomic E-state index is -0.332. The van der Waals surface area contributed by atoms with Crippen LogP contribution in [-0.4, -0.2) is 25.2 Å². The minimum Gasteiger partial charge on any atom is -0.464 e. The third-order valence-electron chi connectivity index (χ3n) is 3.74. The molecule has 0 radical (unpaired) electrons.